The molecule has 0 radical (unpaired) electrons. The third-order valence-corrected chi connectivity index (χ3v) is 3.95. The highest BCUT2D eigenvalue weighted by atomic mass is 16.5. The lowest BCUT2D eigenvalue weighted by Gasteiger charge is -2.27. The molecule has 112 valence electrons. The molecule has 1 aliphatic carbocycles. The van der Waals surface area contributed by atoms with Crippen LogP contribution < -0.4 is 15.8 Å². The molecule has 2 aliphatic rings. The number of rotatable bonds is 2. The van der Waals surface area contributed by atoms with E-state index in [0.29, 0.717) is 25.9 Å². The van der Waals surface area contributed by atoms with E-state index in [1.807, 2.05) is 31.2 Å². The number of primary amides is 1. The number of nitrogens with one attached hydrogen (secondary N) is 1. The van der Waals surface area contributed by atoms with Gasteiger partial charge in [0.2, 0.25) is 5.91 Å². The molecule has 0 bridgehead atoms. The third-order valence-electron chi connectivity index (χ3n) is 3.95. The average molecular weight is 289 g/mol. The molecule has 6 heteroatoms. The van der Waals surface area contributed by atoms with Crippen molar-refractivity contribution in [3.8, 4) is 5.75 Å². The summed E-state index contributed by atoms with van der Waals surface area (Å²) in [6.07, 6.45) is 1.19. The molecule has 3 N–H and O–H groups in total. The normalized spacial score (nSPS) is 22.5. The van der Waals surface area contributed by atoms with Gasteiger partial charge < -0.3 is 20.7 Å². The van der Waals surface area contributed by atoms with Crippen LogP contribution in [0.25, 0.3) is 0 Å². The Hall–Kier alpha value is -2.24. The van der Waals surface area contributed by atoms with Crippen LogP contribution in [-0.2, 0) is 11.3 Å². The zero-order valence-corrected chi connectivity index (χ0v) is 12.0. The summed E-state index contributed by atoms with van der Waals surface area (Å²) in [5.74, 6) is 0.737. The van der Waals surface area contributed by atoms with E-state index in [-0.39, 0.29) is 12.0 Å². The Labute approximate surface area is 123 Å². The predicted octanol–water partition coefficient (Wildman–Crippen LogP) is 0.997. The van der Waals surface area contributed by atoms with Gasteiger partial charge in [0.05, 0.1) is 6.54 Å². The quantitative estimate of drug-likeness (QED) is 0.851. The van der Waals surface area contributed by atoms with Gasteiger partial charge in [-0.25, -0.2) is 4.79 Å². The minimum atomic E-state index is -0.801. The van der Waals surface area contributed by atoms with Gasteiger partial charge in [-0.3, -0.25) is 4.79 Å². The number of para-hydroxylation sites is 1. The van der Waals surface area contributed by atoms with Crippen molar-refractivity contribution in [3.05, 3.63) is 29.8 Å². The number of carbonyl (C=O) groups is 2. The van der Waals surface area contributed by atoms with Gasteiger partial charge in [-0.2, -0.15) is 0 Å². The Bertz CT molecular complexity index is 583. The van der Waals surface area contributed by atoms with Gasteiger partial charge in [-0.05, 0) is 25.8 Å². The Balaban J connectivity index is 1.82. The van der Waals surface area contributed by atoms with Crippen molar-refractivity contribution < 1.29 is 14.3 Å². The summed E-state index contributed by atoms with van der Waals surface area (Å²) in [4.78, 5) is 25.6. The minimum absolute atomic E-state index is 0.0755. The molecule has 6 nitrogen and oxygen atoms in total. The second-order valence-corrected chi connectivity index (χ2v) is 5.79. The van der Waals surface area contributed by atoms with Crippen molar-refractivity contribution in [1.82, 2.24) is 10.2 Å². The second kappa shape index (κ2) is 4.95. The lowest BCUT2D eigenvalue weighted by atomic mass is 10.1. The second-order valence-electron chi connectivity index (χ2n) is 5.79. The van der Waals surface area contributed by atoms with Crippen LogP contribution >= 0.6 is 0 Å². The number of hydrogen-bond acceptors (Lipinski definition) is 3. The zero-order chi connectivity index (χ0) is 15.0. The fourth-order valence-electron chi connectivity index (χ4n) is 2.79. The first-order valence-electron chi connectivity index (χ1n) is 7.12. The minimum Gasteiger partial charge on any atom is -0.489 e. The molecule has 1 aromatic rings. The van der Waals surface area contributed by atoms with Crippen LogP contribution in [0.1, 0.15) is 25.3 Å². The number of amides is 3. The molecule has 3 rings (SSSR count). The van der Waals surface area contributed by atoms with E-state index >= 15 is 0 Å². The molecule has 1 aliphatic heterocycles. The largest absolute Gasteiger partial charge is 0.489 e. The molecule has 1 fully saturated rings. The maximum atomic E-state index is 12.7. The number of hydrogen-bond donors (Lipinski definition) is 2. The van der Waals surface area contributed by atoms with Crippen molar-refractivity contribution in [3.63, 3.8) is 0 Å². The Kier molecular flexibility index (Phi) is 3.23. The molecule has 1 atom stereocenters. The van der Waals surface area contributed by atoms with Gasteiger partial charge in [0, 0.05) is 12.1 Å². The zero-order valence-electron chi connectivity index (χ0n) is 12.0. The topological polar surface area (TPSA) is 84.7 Å². The highest BCUT2D eigenvalue weighted by Crippen LogP contribution is 2.38. The number of nitrogens with zero attached hydrogens (tertiary/aromatic N) is 1. The van der Waals surface area contributed by atoms with Gasteiger partial charge in [-0.15, -0.1) is 0 Å². The molecule has 3 amide bonds. The monoisotopic (exact) mass is 289 g/mol. The first-order valence-corrected chi connectivity index (χ1v) is 7.12. The maximum absolute atomic E-state index is 12.7. The average Bonchev–Trinajstić information content (AvgIpc) is 3.20. The van der Waals surface area contributed by atoms with E-state index in [4.69, 9.17) is 10.5 Å². The lowest BCUT2D eigenvalue weighted by molar-refractivity contribution is -0.135. The van der Waals surface area contributed by atoms with E-state index in [0.717, 1.165) is 11.3 Å². The number of fused-ring (bicyclic) bond motifs is 1. The van der Waals surface area contributed by atoms with Crippen LogP contribution in [0.5, 0.6) is 5.75 Å². The number of benzene rings is 1. The smallest absolute Gasteiger partial charge is 0.313 e. The number of carbonyl (C=O) groups excluding carboxylic acids is 2. The van der Waals surface area contributed by atoms with Crippen molar-refractivity contribution in [2.24, 2.45) is 5.73 Å². The van der Waals surface area contributed by atoms with E-state index < -0.39 is 11.6 Å². The summed E-state index contributed by atoms with van der Waals surface area (Å²) < 4.78 is 5.85. The fourth-order valence-corrected chi connectivity index (χ4v) is 2.79. The Morgan fingerprint density at radius 1 is 1.38 bits per heavy atom. The molecule has 1 saturated carbocycles. The molecule has 1 heterocycles. The molecule has 1 aromatic carbocycles. The van der Waals surface area contributed by atoms with Crippen molar-refractivity contribution in [2.45, 2.75) is 38.0 Å². The number of urea groups is 1. The lowest BCUT2D eigenvalue weighted by Crippen LogP contribution is -2.53. The van der Waals surface area contributed by atoms with E-state index in [1.165, 1.54) is 0 Å². The summed E-state index contributed by atoms with van der Waals surface area (Å²) >= 11 is 0. The van der Waals surface area contributed by atoms with Gasteiger partial charge >= 0.3 is 6.03 Å². The first-order chi connectivity index (χ1) is 10.00. The van der Waals surface area contributed by atoms with Crippen LogP contribution in [-0.4, -0.2) is 35.0 Å². The van der Waals surface area contributed by atoms with Crippen LogP contribution in [0.3, 0.4) is 0 Å². The van der Waals surface area contributed by atoms with Gasteiger partial charge in [0.25, 0.3) is 0 Å². The first kappa shape index (κ1) is 13.7. The number of nitrogens with two attached hydrogens (primary N) is 1. The summed E-state index contributed by atoms with van der Waals surface area (Å²) in [7, 11) is 0. The fraction of sp³-hybridized carbons (Fsp3) is 0.467. The van der Waals surface area contributed by atoms with Crippen molar-refractivity contribution in [2.75, 3.05) is 6.54 Å². The Morgan fingerprint density at radius 3 is 2.76 bits per heavy atom. The number of ether oxygens (including phenoxy) is 1. The van der Waals surface area contributed by atoms with E-state index in [2.05, 4.69) is 5.32 Å². The van der Waals surface area contributed by atoms with E-state index in [1.54, 1.807) is 4.90 Å². The SMILES string of the molecule is CC1CN(C(=O)C2(NC(N)=O)CC2)Cc2ccccc2O1. The molecule has 0 aromatic heterocycles. The van der Waals surface area contributed by atoms with Gasteiger partial charge in [0.1, 0.15) is 17.4 Å². The summed E-state index contributed by atoms with van der Waals surface area (Å²) in [5, 5.41) is 2.59. The molecule has 0 spiro atoms. The van der Waals surface area contributed by atoms with Crippen LogP contribution in [0.4, 0.5) is 4.79 Å². The summed E-state index contributed by atoms with van der Waals surface area (Å²) in [6, 6.07) is 7.05. The molecular weight excluding hydrogens is 270 g/mol. The third kappa shape index (κ3) is 2.66. The van der Waals surface area contributed by atoms with Gasteiger partial charge in [0.15, 0.2) is 0 Å². The van der Waals surface area contributed by atoms with Crippen molar-refractivity contribution in [1.29, 1.82) is 0 Å². The molecule has 0 saturated heterocycles. The summed E-state index contributed by atoms with van der Waals surface area (Å²) in [6.45, 7) is 2.92. The van der Waals surface area contributed by atoms with Crippen LogP contribution in [0.2, 0.25) is 0 Å². The van der Waals surface area contributed by atoms with Crippen LogP contribution in [0, 0.1) is 0 Å². The Morgan fingerprint density at radius 2 is 2.10 bits per heavy atom. The summed E-state index contributed by atoms with van der Waals surface area (Å²) in [5.41, 5.74) is 5.35. The van der Waals surface area contributed by atoms with Crippen LogP contribution in [0.15, 0.2) is 24.3 Å². The highest BCUT2D eigenvalue weighted by Gasteiger charge is 2.53. The van der Waals surface area contributed by atoms with E-state index in [9.17, 15) is 9.59 Å². The maximum Gasteiger partial charge on any atom is 0.313 e. The standard InChI is InChI=1S/C15H19N3O3/c1-10-8-18(9-11-4-2-3-5-12(11)21-10)13(19)15(6-7-15)17-14(16)20/h2-5,10H,6-9H2,1H3,(H3,16,17,20). The molecule has 21 heavy (non-hydrogen) atoms. The molecule has 1 unspecified atom stereocenters. The van der Waals surface area contributed by atoms with Gasteiger partial charge in [-0.1, -0.05) is 18.2 Å². The molecular formula is C15H19N3O3. The highest BCUT2D eigenvalue weighted by molar-refractivity contribution is 5.93. The predicted molar refractivity (Wildman–Crippen MR) is 76.6 cm³/mol. The van der Waals surface area contributed by atoms with Crippen molar-refractivity contribution >= 4 is 11.9 Å².